The number of hydrogen-bond donors (Lipinski definition) is 1. The summed E-state index contributed by atoms with van der Waals surface area (Å²) in [5, 5.41) is 9.72. The predicted molar refractivity (Wildman–Crippen MR) is 114 cm³/mol. The minimum Gasteiger partial charge on any atom is -0.501 e. The summed E-state index contributed by atoms with van der Waals surface area (Å²) in [6, 6.07) is 0. The lowest BCUT2D eigenvalue weighted by Gasteiger charge is -2.57. The molecule has 5 rings (SSSR count). The van der Waals surface area contributed by atoms with Gasteiger partial charge >= 0.3 is 5.97 Å². The van der Waals surface area contributed by atoms with E-state index in [0.717, 1.165) is 43.8 Å². The Morgan fingerprint density at radius 1 is 1.03 bits per heavy atom. The third-order valence-electron chi connectivity index (χ3n) is 8.52. The van der Waals surface area contributed by atoms with E-state index in [1.165, 1.54) is 64.2 Å². The Labute approximate surface area is 176 Å². The fourth-order valence-corrected chi connectivity index (χ4v) is 7.19. The zero-order chi connectivity index (χ0) is 20.3. The average Bonchev–Trinajstić information content (AvgIpc) is 2.63. The number of aliphatic carboxylic acids is 1. The summed E-state index contributed by atoms with van der Waals surface area (Å²) in [5.74, 6) is 1.79. The molecule has 0 unspecified atom stereocenters. The van der Waals surface area contributed by atoms with Gasteiger partial charge in [0.05, 0.1) is 31.7 Å². The first-order valence-corrected chi connectivity index (χ1v) is 12.1. The highest BCUT2D eigenvalue weighted by molar-refractivity contribution is 5.86. The molecule has 1 N–H and O–H groups in total. The summed E-state index contributed by atoms with van der Waals surface area (Å²) in [7, 11) is 0. The summed E-state index contributed by atoms with van der Waals surface area (Å²) in [6.45, 7) is 4.80. The van der Waals surface area contributed by atoms with Crippen LogP contribution in [0.5, 0.6) is 0 Å². The Hall–Kier alpha value is -1.03. The highest BCUT2D eigenvalue weighted by Gasteiger charge is 2.51. The van der Waals surface area contributed by atoms with Crippen LogP contribution < -0.4 is 0 Å². The summed E-state index contributed by atoms with van der Waals surface area (Å²) in [6.07, 6.45) is 17.4. The van der Waals surface area contributed by atoms with Gasteiger partial charge in [-0.3, -0.25) is 0 Å². The van der Waals surface area contributed by atoms with Crippen molar-refractivity contribution in [3.8, 4) is 0 Å². The topological polar surface area (TPSA) is 55.8 Å². The van der Waals surface area contributed by atoms with Gasteiger partial charge in [-0.25, -0.2) is 4.79 Å². The molecule has 4 nitrogen and oxygen atoms in total. The minimum absolute atomic E-state index is 0.253. The van der Waals surface area contributed by atoms with Crippen LogP contribution in [-0.4, -0.2) is 30.9 Å². The summed E-state index contributed by atoms with van der Waals surface area (Å²) in [5.41, 5.74) is 1.22. The van der Waals surface area contributed by atoms with Crippen molar-refractivity contribution in [1.82, 2.24) is 0 Å². The lowest BCUT2D eigenvalue weighted by molar-refractivity contribution is -0.134. The SMILES string of the molecule is CCC1(CCCCCCOC=C(CC23CC4CC(CC(C4)C2)C3)C(=O)O)COC1. The van der Waals surface area contributed by atoms with Gasteiger partial charge in [0.1, 0.15) is 0 Å². The zero-order valence-electron chi connectivity index (χ0n) is 18.3. The first-order chi connectivity index (χ1) is 14.0. The third kappa shape index (κ3) is 5.00. The van der Waals surface area contributed by atoms with Crippen molar-refractivity contribution in [3.05, 3.63) is 11.8 Å². The smallest absolute Gasteiger partial charge is 0.334 e. The maximum Gasteiger partial charge on any atom is 0.334 e. The van der Waals surface area contributed by atoms with E-state index in [-0.39, 0.29) is 5.41 Å². The van der Waals surface area contributed by atoms with Gasteiger partial charge in [0.2, 0.25) is 0 Å². The number of rotatable bonds is 12. The number of carboxylic acids is 1. The molecular weight excluding hydrogens is 364 g/mol. The van der Waals surface area contributed by atoms with E-state index in [4.69, 9.17) is 9.47 Å². The van der Waals surface area contributed by atoms with Crippen LogP contribution in [0.2, 0.25) is 0 Å². The number of carbonyl (C=O) groups is 1. The highest BCUT2D eigenvalue weighted by Crippen LogP contribution is 2.62. The molecule has 0 aromatic rings. The number of hydrogen-bond acceptors (Lipinski definition) is 3. The maximum atomic E-state index is 11.8. The van der Waals surface area contributed by atoms with Gasteiger partial charge in [0, 0.05) is 5.41 Å². The first kappa shape index (κ1) is 21.2. The van der Waals surface area contributed by atoms with Gasteiger partial charge in [0.25, 0.3) is 0 Å². The van der Waals surface area contributed by atoms with E-state index >= 15 is 0 Å². The molecule has 0 amide bonds. The van der Waals surface area contributed by atoms with E-state index in [9.17, 15) is 9.90 Å². The lowest BCUT2D eigenvalue weighted by atomic mass is 9.48. The van der Waals surface area contributed by atoms with Gasteiger partial charge in [-0.1, -0.05) is 26.2 Å². The number of unbranched alkanes of at least 4 members (excludes halogenated alkanes) is 3. The van der Waals surface area contributed by atoms with Crippen molar-refractivity contribution < 1.29 is 19.4 Å². The Bertz CT molecular complexity index is 563. The molecule has 4 heteroatoms. The van der Waals surface area contributed by atoms with Crippen LogP contribution in [0.25, 0.3) is 0 Å². The molecule has 1 heterocycles. The Morgan fingerprint density at radius 3 is 2.17 bits per heavy atom. The van der Waals surface area contributed by atoms with E-state index in [2.05, 4.69) is 6.92 Å². The molecule has 0 atom stereocenters. The molecule has 29 heavy (non-hydrogen) atoms. The van der Waals surface area contributed by atoms with Crippen molar-refractivity contribution in [1.29, 1.82) is 0 Å². The standard InChI is InChI=1S/C25H40O4/c1-2-24(17-29-18-24)7-5-3-4-6-8-28-16-22(23(26)27)15-25-12-19-9-20(13-25)11-21(10-19)14-25/h16,19-21H,2-15,17-18H2,1H3,(H,26,27). The quantitative estimate of drug-likeness (QED) is 0.248. The van der Waals surface area contributed by atoms with Gasteiger partial charge in [-0.2, -0.15) is 0 Å². The Kier molecular flexibility index (Phi) is 6.58. The lowest BCUT2D eigenvalue weighted by Crippen LogP contribution is -2.46. The van der Waals surface area contributed by atoms with Crippen molar-refractivity contribution >= 4 is 5.97 Å². The van der Waals surface area contributed by atoms with E-state index in [1.807, 2.05) is 0 Å². The van der Waals surface area contributed by atoms with Crippen LogP contribution >= 0.6 is 0 Å². The van der Waals surface area contributed by atoms with Crippen molar-refractivity contribution in [2.75, 3.05) is 19.8 Å². The van der Waals surface area contributed by atoms with Gasteiger partial charge in [-0.05, 0) is 87.4 Å². The minimum atomic E-state index is -0.784. The fraction of sp³-hybridized carbons (Fsp3) is 0.880. The molecule has 4 bridgehead atoms. The fourth-order valence-electron chi connectivity index (χ4n) is 7.19. The molecule has 0 spiro atoms. The van der Waals surface area contributed by atoms with Crippen LogP contribution in [0.3, 0.4) is 0 Å². The van der Waals surface area contributed by atoms with Gasteiger partial charge in [-0.15, -0.1) is 0 Å². The van der Waals surface area contributed by atoms with E-state index < -0.39 is 5.97 Å². The summed E-state index contributed by atoms with van der Waals surface area (Å²) in [4.78, 5) is 11.8. The molecule has 0 radical (unpaired) electrons. The van der Waals surface area contributed by atoms with Crippen LogP contribution in [0.4, 0.5) is 0 Å². The van der Waals surface area contributed by atoms with Crippen molar-refractivity contribution in [2.24, 2.45) is 28.6 Å². The molecule has 4 aliphatic carbocycles. The summed E-state index contributed by atoms with van der Waals surface area (Å²) >= 11 is 0. The third-order valence-corrected chi connectivity index (χ3v) is 8.52. The van der Waals surface area contributed by atoms with Crippen molar-refractivity contribution in [3.63, 3.8) is 0 Å². The first-order valence-electron chi connectivity index (χ1n) is 12.1. The largest absolute Gasteiger partial charge is 0.501 e. The van der Waals surface area contributed by atoms with Gasteiger partial charge in [0.15, 0.2) is 0 Å². The van der Waals surface area contributed by atoms with Crippen LogP contribution in [0.15, 0.2) is 11.8 Å². The molecule has 0 aromatic carbocycles. The Morgan fingerprint density at radius 2 is 1.66 bits per heavy atom. The average molecular weight is 405 g/mol. The van der Waals surface area contributed by atoms with Crippen molar-refractivity contribution in [2.45, 2.75) is 90.4 Å². The molecule has 5 fully saturated rings. The monoisotopic (exact) mass is 404 g/mol. The highest BCUT2D eigenvalue weighted by atomic mass is 16.5. The molecule has 164 valence electrons. The predicted octanol–water partition coefficient (Wildman–Crippen LogP) is 5.96. The molecule has 4 saturated carbocycles. The maximum absolute atomic E-state index is 11.8. The number of ether oxygens (including phenoxy) is 2. The second kappa shape index (κ2) is 8.99. The van der Waals surface area contributed by atoms with Crippen LogP contribution in [0.1, 0.15) is 90.4 Å². The molecular formula is C25H40O4. The van der Waals surface area contributed by atoms with E-state index in [0.29, 0.717) is 24.0 Å². The second-order valence-corrected chi connectivity index (χ2v) is 10.9. The molecule has 1 saturated heterocycles. The van der Waals surface area contributed by atoms with Crippen LogP contribution in [0, 0.1) is 28.6 Å². The molecule has 0 aromatic heterocycles. The zero-order valence-corrected chi connectivity index (χ0v) is 18.3. The molecule has 5 aliphatic rings. The van der Waals surface area contributed by atoms with Gasteiger partial charge < -0.3 is 14.6 Å². The molecule has 1 aliphatic heterocycles. The Balaban J connectivity index is 1.16. The second-order valence-electron chi connectivity index (χ2n) is 10.9. The van der Waals surface area contributed by atoms with Crippen LogP contribution in [-0.2, 0) is 14.3 Å². The number of carboxylic acid groups (broad SMARTS) is 1. The van der Waals surface area contributed by atoms with E-state index in [1.54, 1.807) is 6.26 Å². The summed E-state index contributed by atoms with van der Waals surface area (Å²) < 4.78 is 11.1. The normalized spacial score (nSPS) is 34.8.